The van der Waals surface area contributed by atoms with Crippen LogP contribution in [0.3, 0.4) is 0 Å². The molecule has 1 heterocycles. The van der Waals surface area contributed by atoms with Crippen molar-refractivity contribution in [2.24, 2.45) is 0 Å². The van der Waals surface area contributed by atoms with Gasteiger partial charge < -0.3 is 9.94 Å². The molecule has 3 rings (SSSR count). The number of esters is 1. The van der Waals surface area contributed by atoms with E-state index >= 15 is 0 Å². The van der Waals surface area contributed by atoms with E-state index in [1.54, 1.807) is 13.0 Å². The molecule has 0 saturated carbocycles. The van der Waals surface area contributed by atoms with E-state index in [1.165, 1.54) is 0 Å². The third kappa shape index (κ3) is 2.99. The molecule has 6 heteroatoms. The molecule has 0 aliphatic rings. The van der Waals surface area contributed by atoms with Crippen LogP contribution in [0.25, 0.3) is 22.2 Å². The Kier molecular flexibility index (Phi) is 4.04. The Morgan fingerprint density at radius 1 is 1.25 bits per heavy atom. The third-order valence-corrected chi connectivity index (χ3v) is 3.70. The lowest BCUT2D eigenvalue weighted by Crippen LogP contribution is -2.09. The van der Waals surface area contributed by atoms with Crippen LogP contribution >= 0.6 is 0 Å². The standard InChI is InChI=1S/C18H17N3O3/c1-11(2)18(22)24-12(3)13-6-4-7-14(10-13)15-8-5-9-16-17(15)20-21(23)19-16/h4-10,12,23H,1H2,2-3H3. The molecule has 122 valence electrons. The molecule has 0 fully saturated rings. The molecule has 24 heavy (non-hydrogen) atoms. The van der Waals surface area contributed by atoms with Crippen LogP contribution in [-0.2, 0) is 9.53 Å². The highest BCUT2D eigenvalue weighted by molar-refractivity contribution is 5.91. The Balaban J connectivity index is 1.98. The summed E-state index contributed by atoms with van der Waals surface area (Å²) < 4.78 is 5.37. The zero-order chi connectivity index (χ0) is 17.3. The van der Waals surface area contributed by atoms with Gasteiger partial charge in [0.25, 0.3) is 0 Å². The highest BCUT2D eigenvalue weighted by Gasteiger charge is 2.14. The first-order valence-electron chi connectivity index (χ1n) is 7.48. The molecule has 1 unspecified atom stereocenters. The van der Waals surface area contributed by atoms with Gasteiger partial charge in [0.05, 0.1) is 0 Å². The van der Waals surface area contributed by atoms with Crippen LogP contribution in [0.2, 0.25) is 0 Å². The first-order chi connectivity index (χ1) is 11.5. The zero-order valence-electron chi connectivity index (χ0n) is 13.4. The highest BCUT2D eigenvalue weighted by Crippen LogP contribution is 2.29. The number of hydrogen-bond donors (Lipinski definition) is 1. The predicted octanol–water partition coefficient (Wildman–Crippen LogP) is 3.52. The van der Waals surface area contributed by atoms with Crippen LogP contribution in [0, 0.1) is 0 Å². The lowest BCUT2D eigenvalue weighted by molar-refractivity contribution is -0.143. The van der Waals surface area contributed by atoms with Crippen LogP contribution in [0.4, 0.5) is 0 Å². The molecule has 6 nitrogen and oxygen atoms in total. The molecule has 3 aromatic rings. The number of hydrogen-bond acceptors (Lipinski definition) is 5. The smallest absolute Gasteiger partial charge is 0.333 e. The van der Waals surface area contributed by atoms with Gasteiger partial charge >= 0.3 is 5.97 Å². The van der Waals surface area contributed by atoms with Gasteiger partial charge in [-0.05, 0) is 42.1 Å². The molecule has 1 N–H and O–H groups in total. The lowest BCUT2D eigenvalue weighted by atomic mass is 10.00. The SMILES string of the molecule is C=C(C)C(=O)OC(C)c1cccc(-c2cccc3nn(O)nc23)c1. The van der Waals surface area contributed by atoms with Gasteiger partial charge in [0, 0.05) is 11.1 Å². The van der Waals surface area contributed by atoms with Crippen molar-refractivity contribution < 1.29 is 14.7 Å². The van der Waals surface area contributed by atoms with Crippen LogP contribution in [0.1, 0.15) is 25.5 Å². The number of benzene rings is 2. The second-order valence-corrected chi connectivity index (χ2v) is 5.59. The second kappa shape index (κ2) is 6.16. The van der Waals surface area contributed by atoms with Crippen LogP contribution in [0.5, 0.6) is 0 Å². The minimum atomic E-state index is -0.418. The summed E-state index contributed by atoms with van der Waals surface area (Å²) in [5.74, 6) is -0.418. The van der Waals surface area contributed by atoms with E-state index in [1.807, 2.05) is 43.3 Å². The molecule has 0 bridgehead atoms. The van der Waals surface area contributed by atoms with Gasteiger partial charge in [-0.15, -0.1) is 10.2 Å². The summed E-state index contributed by atoms with van der Waals surface area (Å²) in [6.07, 6.45) is -0.401. The molecule has 0 radical (unpaired) electrons. The maximum Gasteiger partial charge on any atom is 0.333 e. The fourth-order valence-electron chi connectivity index (χ4n) is 2.45. The topological polar surface area (TPSA) is 77.2 Å². The molecule has 0 saturated heterocycles. The van der Waals surface area contributed by atoms with Crippen molar-refractivity contribution in [1.82, 2.24) is 15.2 Å². The number of ether oxygens (including phenoxy) is 1. The maximum absolute atomic E-state index is 11.7. The van der Waals surface area contributed by atoms with Gasteiger partial charge in [-0.1, -0.05) is 36.9 Å². The Morgan fingerprint density at radius 3 is 2.75 bits per heavy atom. The van der Waals surface area contributed by atoms with Crippen molar-refractivity contribution in [3.63, 3.8) is 0 Å². The first kappa shape index (κ1) is 15.7. The van der Waals surface area contributed by atoms with Gasteiger partial charge in [0.1, 0.15) is 17.1 Å². The molecule has 1 atom stereocenters. The predicted molar refractivity (Wildman–Crippen MR) is 89.5 cm³/mol. The van der Waals surface area contributed by atoms with Gasteiger partial charge in [-0.3, -0.25) is 0 Å². The van der Waals surface area contributed by atoms with Crippen molar-refractivity contribution in [2.75, 3.05) is 0 Å². The lowest BCUT2D eigenvalue weighted by Gasteiger charge is -2.14. The Labute approximate surface area is 138 Å². The summed E-state index contributed by atoms with van der Waals surface area (Å²) in [5, 5.41) is 17.3. The highest BCUT2D eigenvalue weighted by atomic mass is 16.5. The maximum atomic E-state index is 11.7. The van der Waals surface area contributed by atoms with Crippen LogP contribution < -0.4 is 0 Å². The molecule has 0 spiro atoms. The van der Waals surface area contributed by atoms with Crippen LogP contribution in [-0.4, -0.2) is 26.3 Å². The summed E-state index contributed by atoms with van der Waals surface area (Å²) in [6, 6.07) is 13.2. The number of rotatable bonds is 4. The fourth-order valence-corrected chi connectivity index (χ4v) is 2.45. The quantitative estimate of drug-likeness (QED) is 0.451. The van der Waals surface area contributed by atoms with Gasteiger partial charge in [0.15, 0.2) is 0 Å². The second-order valence-electron chi connectivity index (χ2n) is 5.59. The third-order valence-electron chi connectivity index (χ3n) is 3.70. The average molecular weight is 323 g/mol. The van der Waals surface area contributed by atoms with E-state index < -0.39 is 12.1 Å². The molecule has 1 aromatic heterocycles. The van der Waals surface area contributed by atoms with E-state index in [-0.39, 0.29) is 0 Å². The number of carbonyl (C=O) groups excluding carboxylic acids is 1. The monoisotopic (exact) mass is 323 g/mol. The summed E-state index contributed by atoms with van der Waals surface area (Å²) in [6.45, 7) is 7.01. The number of aromatic nitrogens is 3. The van der Waals surface area contributed by atoms with E-state index in [9.17, 15) is 10.0 Å². The van der Waals surface area contributed by atoms with E-state index in [2.05, 4.69) is 16.8 Å². The zero-order valence-corrected chi connectivity index (χ0v) is 13.4. The summed E-state index contributed by atoms with van der Waals surface area (Å²) in [4.78, 5) is 12.3. The minimum Gasteiger partial charge on any atom is -0.454 e. The molecule has 0 aliphatic heterocycles. The number of fused-ring (bicyclic) bond motifs is 1. The normalized spacial score (nSPS) is 12.1. The molecule has 2 aromatic carbocycles. The van der Waals surface area contributed by atoms with Crippen molar-refractivity contribution in [3.05, 3.63) is 60.2 Å². The largest absolute Gasteiger partial charge is 0.454 e. The first-order valence-corrected chi connectivity index (χ1v) is 7.48. The Hall–Kier alpha value is -3.15. The van der Waals surface area contributed by atoms with Crippen molar-refractivity contribution in [2.45, 2.75) is 20.0 Å². The van der Waals surface area contributed by atoms with Gasteiger partial charge in [-0.25, -0.2) is 4.79 Å². The van der Waals surface area contributed by atoms with Crippen molar-refractivity contribution in [1.29, 1.82) is 0 Å². The Morgan fingerprint density at radius 2 is 2.00 bits per heavy atom. The van der Waals surface area contributed by atoms with E-state index in [4.69, 9.17) is 4.74 Å². The molecular formula is C18H17N3O3. The molecule has 0 aliphatic carbocycles. The average Bonchev–Trinajstić information content (AvgIpc) is 2.94. The minimum absolute atomic E-state index is 0.363. The number of nitrogens with zero attached hydrogens (tertiary/aromatic N) is 3. The summed E-state index contributed by atoms with van der Waals surface area (Å²) in [7, 11) is 0. The summed E-state index contributed by atoms with van der Waals surface area (Å²) >= 11 is 0. The van der Waals surface area contributed by atoms with Crippen molar-refractivity contribution >= 4 is 17.0 Å². The van der Waals surface area contributed by atoms with Crippen LogP contribution in [0.15, 0.2) is 54.6 Å². The van der Waals surface area contributed by atoms with E-state index in [0.717, 1.165) is 16.7 Å². The molecular weight excluding hydrogens is 306 g/mol. The van der Waals surface area contributed by atoms with Gasteiger partial charge in [0.2, 0.25) is 0 Å². The Bertz CT molecular complexity index is 930. The summed E-state index contributed by atoms with van der Waals surface area (Å²) in [5.41, 5.74) is 4.16. The van der Waals surface area contributed by atoms with Crippen molar-refractivity contribution in [3.8, 4) is 11.1 Å². The van der Waals surface area contributed by atoms with Gasteiger partial charge in [-0.2, -0.15) is 0 Å². The van der Waals surface area contributed by atoms with E-state index in [0.29, 0.717) is 21.6 Å². The fraction of sp³-hybridized carbons (Fsp3) is 0.167. The molecule has 0 amide bonds. The number of carbonyl (C=O) groups is 1.